The molecule has 5 heteroatoms. The summed E-state index contributed by atoms with van der Waals surface area (Å²) in [5.74, 6) is -0.337. The molecule has 0 saturated heterocycles. The first-order valence-electron chi connectivity index (χ1n) is 8.08. The van der Waals surface area contributed by atoms with Gasteiger partial charge in [-0.25, -0.2) is 4.79 Å². The molecule has 0 aromatic heterocycles. The number of benzene rings is 2. The molecule has 0 heterocycles. The highest BCUT2D eigenvalue weighted by Crippen LogP contribution is 2.20. The summed E-state index contributed by atoms with van der Waals surface area (Å²) in [6.07, 6.45) is 0. The molecule has 2 aromatic carbocycles. The standard InChI is InChI=1S/C20H23NO4/c1-13-8-9-17(10-15(13)3)21-19(22)11-25-20(23)12-24-18-7-5-6-14(2)16(18)4/h5-10H,11-12H2,1-4H3,(H,21,22). The van der Waals surface area contributed by atoms with Gasteiger partial charge in [-0.2, -0.15) is 0 Å². The molecule has 0 aliphatic heterocycles. The molecule has 0 saturated carbocycles. The summed E-state index contributed by atoms with van der Waals surface area (Å²) < 4.78 is 10.4. The molecule has 1 N–H and O–H groups in total. The molecule has 0 bridgehead atoms. The minimum Gasteiger partial charge on any atom is -0.482 e. The lowest BCUT2D eigenvalue weighted by molar-refractivity contribution is -0.149. The molecule has 1 amide bonds. The molecule has 0 aliphatic rings. The van der Waals surface area contributed by atoms with Crippen molar-refractivity contribution in [3.63, 3.8) is 0 Å². The van der Waals surface area contributed by atoms with Crippen LogP contribution in [-0.2, 0) is 14.3 Å². The molecule has 2 aromatic rings. The first-order valence-corrected chi connectivity index (χ1v) is 8.08. The van der Waals surface area contributed by atoms with E-state index in [1.807, 2.05) is 58.0 Å². The van der Waals surface area contributed by atoms with Crippen LogP contribution in [0.15, 0.2) is 36.4 Å². The maximum atomic E-state index is 11.9. The fourth-order valence-corrected chi connectivity index (χ4v) is 2.22. The highest BCUT2D eigenvalue weighted by atomic mass is 16.6. The Bertz CT molecular complexity index is 783. The van der Waals surface area contributed by atoms with Crippen LogP contribution in [0.5, 0.6) is 5.75 Å². The van der Waals surface area contributed by atoms with Crippen LogP contribution in [0, 0.1) is 27.7 Å². The molecular weight excluding hydrogens is 318 g/mol. The lowest BCUT2D eigenvalue weighted by atomic mass is 10.1. The average molecular weight is 341 g/mol. The van der Waals surface area contributed by atoms with E-state index in [9.17, 15) is 9.59 Å². The minimum absolute atomic E-state index is 0.235. The van der Waals surface area contributed by atoms with E-state index in [1.165, 1.54) is 0 Å². The Balaban J connectivity index is 1.78. The molecular formula is C20H23NO4. The zero-order chi connectivity index (χ0) is 18.4. The van der Waals surface area contributed by atoms with Crippen LogP contribution in [0.3, 0.4) is 0 Å². The maximum Gasteiger partial charge on any atom is 0.344 e. The number of ether oxygens (including phenoxy) is 2. The van der Waals surface area contributed by atoms with E-state index in [1.54, 1.807) is 6.07 Å². The van der Waals surface area contributed by atoms with Gasteiger partial charge in [-0.15, -0.1) is 0 Å². The van der Waals surface area contributed by atoms with Crippen molar-refractivity contribution in [2.45, 2.75) is 27.7 Å². The van der Waals surface area contributed by atoms with E-state index in [-0.39, 0.29) is 19.1 Å². The third-order valence-corrected chi connectivity index (χ3v) is 4.06. The summed E-state index contributed by atoms with van der Waals surface area (Å²) in [7, 11) is 0. The van der Waals surface area contributed by atoms with Crippen LogP contribution >= 0.6 is 0 Å². The van der Waals surface area contributed by atoms with E-state index in [0.29, 0.717) is 11.4 Å². The number of carbonyl (C=O) groups excluding carboxylic acids is 2. The quantitative estimate of drug-likeness (QED) is 0.817. The summed E-state index contributed by atoms with van der Waals surface area (Å²) in [6, 6.07) is 11.2. The van der Waals surface area contributed by atoms with Crippen molar-refractivity contribution in [1.82, 2.24) is 0 Å². The normalized spacial score (nSPS) is 10.2. The maximum absolute atomic E-state index is 11.9. The molecule has 2 rings (SSSR count). The predicted molar refractivity (Wildman–Crippen MR) is 96.9 cm³/mol. The molecule has 0 fully saturated rings. The number of aryl methyl sites for hydroxylation is 3. The Labute approximate surface area is 148 Å². The van der Waals surface area contributed by atoms with Gasteiger partial charge in [0.15, 0.2) is 13.2 Å². The van der Waals surface area contributed by atoms with Gasteiger partial charge in [0.1, 0.15) is 5.75 Å². The van der Waals surface area contributed by atoms with Gasteiger partial charge < -0.3 is 14.8 Å². The second kappa shape index (κ2) is 8.33. The van der Waals surface area contributed by atoms with E-state index in [2.05, 4.69) is 5.32 Å². The van der Waals surface area contributed by atoms with Gasteiger partial charge in [-0.3, -0.25) is 4.79 Å². The summed E-state index contributed by atoms with van der Waals surface area (Å²) in [6.45, 7) is 7.28. The molecule has 132 valence electrons. The van der Waals surface area contributed by atoms with Crippen molar-refractivity contribution in [2.75, 3.05) is 18.5 Å². The van der Waals surface area contributed by atoms with Crippen LogP contribution in [0.4, 0.5) is 5.69 Å². The minimum atomic E-state index is -0.587. The van der Waals surface area contributed by atoms with E-state index < -0.39 is 5.97 Å². The van der Waals surface area contributed by atoms with Gasteiger partial charge in [-0.05, 0) is 68.1 Å². The predicted octanol–water partition coefficient (Wildman–Crippen LogP) is 3.48. The van der Waals surface area contributed by atoms with Crippen molar-refractivity contribution in [3.8, 4) is 5.75 Å². The number of amides is 1. The SMILES string of the molecule is Cc1ccc(NC(=O)COC(=O)COc2cccc(C)c2C)cc1C. The zero-order valence-electron chi connectivity index (χ0n) is 15.0. The number of anilines is 1. The zero-order valence-corrected chi connectivity index (χ0v) is 15.0. The molecule has 0 atom stereocenters. The summed E-state index contributed by atoms with van der Waals surface area (Å²) in [5, 5.41) is 2.70. The van der Waals surface area contributed by atoms with E-state index >= 15 is 0 Å². The number of rotatable bonds is 6. The van der Waals surface area contributed by atoms with Crippen molar-refractivity contribution < 1.29 is 19.1 Å². The molecule has 0 radical (unpaired) electrons. The number of hydrogen-bond donors (Lipinski definition) is 1. The Morgan fingerprint density at radius 1 is 0.920 bits per heavy atom. The van der Waals surface area contributed by atoms with Crippen molar-refractivity contribution in [1.29, 1.82) is 0 Å². The van der Waals surface area contributed by atoms with Crippen LogP contribution < -0.4 is 10.1 Å². The first kappa shape index (κ1) is 18.5. The first-order chi connectivity index (χ1) is 11.9. The topological polar surface area (TPSA) is 64.6 Å². The van der Waals surface area contributed by atoms with E-state index in [4.69, 9.17) is 9.47 Å². The molecule has 0 aliphatic carbocycles. The van der Waals surface area contributed by atoms with Gasteiger partial charge in [0.25, 0.3) is 5.91 Å². The molecule has 0 unspecified atom stereocenters. The second-order valence-corrected chi connectivity index (χ2v) is 5.99. The van der Waals surface area contributed by atoms with Gasteiger partial charge in [-0.1, -0.05) is 18.2 Å². The third-order valence-electron chi connectivity index (χ3n) is 4.06. The Morgan fingerprint density at radius 3 is 2.40 bits per heavy atom. The Morgan fingerprint density at radius 2 is 1.68 bits per heavy atom. The summed E-state index contributed by atoms with van der Waals surface area (Å²) in [5.41, 5.74) is 4.96. The summed E-state index contributed by atoms with van der Waals surface area (Å²) >= 11 is 0. The smallest absolute Gasteiger partial charge is 0.344 e. The van der Waals surface area contributed by atoms with Crippen LogP contribution in [0.2, 0.25) is 0 Å². The number of hydrogen-bond acceptors (Lipinski definition) is 4. The summed E-state index contributed by atoms with van der Waals surface area (Å²) in [4.78, 5) is 23.6. The van der Waals surface area contributed by atoms with Crippen LogP contribution in [-0.4, -0.2) is 25.1 Å². The van der Waals surface area contributed by atoms with Crippen LogP contribution in [0.1, 0.15) is 22.3 Å². The fraction of sp³-hybridized carbons (Fsp3) is 0.300. The van der Waals surface area contributed by atoms with Gasteiger partial charge in [0, 0.05) is 5.69 Å². The van der Waals surface area contributed by atoms with Crippen molar-refractivity contribution in [2.24, 2.45) is 0 Å². The van der Waals surface area contributed by atoms with Gasteiger partial charge >= 0.3 is 5.97 Å². The van der Waals surface area contributed by atoms with Crippen LogP contribution in [0.25, 0.3) is 0 Å². The number of nitrogens with one attached hydrogen (secondary N) is 1. The fourth-order valence-electron chi connectivity index (χ4n) is 2.22. The third kappa shape index (κ3) is 5.35. The molecule has 0 spiro atoms. The lowest BCUT2D eigenvalue weighted by Gasteiger charge is -2.11. The highest BCUT2D eigenvalue weighted by Gasteiger charge is 2.10. The Kier molecular flexibility index (Phi) is 6.17. The largest absolute Gasteiger partial charge is 0.482 e. The average Bonchev–Trinajstić information content (AvgIpc) is 2.57. The highest BCUT2D eigenvalue weighted by molar-refractivity contribution is 5.93. The lowest BCUT2D eigenvalue weighted by Crippen LogP contribution is -2.23. The second-order valence-electron chi connectivity index (χ2n) is 5.99. The monoisotopic (exact) mass is 341 g/mol. The van der Waals surface area contributed by atoms with E-state index in [0.717, 1.165) is 22.3 Å². The Hall–Kier alpha value is -2.82. The molecule has 5 nitrogen and oxygen atoms in total. The van der Waals surface area contributed by atoms with Gasteiger partial charge in [0.2, 0.25) is 0 Å². The number of carbonyl (C=O) groups is 2. The number of esters is 1. The van der Waals surface area contributed by atoms with Crippen molar-refractivity contribution in [3.05, 3.63) is 58.7 Å². The molecule has 25 heavy (non-hydrogen) atoms. The van der Waals surface area contributed by atoms with Gasteiger partial charge in [0.05, 0.1) is 0 Å². The van der Waals surface area contributed by atoms with Crippen molar-refractivity contribution >= 4 is 17.6 Å².